The number of Topliss-reactive ketones (excluding diaryl/α,β-unsaturated/α-hetero) is 2. The lowest BCUT2D eigenvalue weighted by atomic mass is 9.85. The van der Waals surface area contributed by atoms with Crippen molar-refractivity contribution in [2.45, 2.75) is 19.8 Å². The minimum absolute atomic E-state index is 0.0135. The molecule has 19 heavy (non-hydrogen) atoms. The van der Waals surface area contributed by atoms with Crippen molar-refractivity contribution in [1.29, 1.82) is 0 Å². The molecule has 0 unspecified atom stereocenters. The summed E-state index contributed by atoms with van der Waals surface area (Å²) in [5, 5.41) is 3.92. The van der Waals surface area contributed by atoms with Gasteiger partial charge in [-0.05, 0) is 24.1 Å². The molecule has 0 saturated carbocycles. The number of anilines is 1. The van der Waals surface area contributed by atoms with Crippen molar-refractivity contribution in [1.82, 2.24) is 5.16 Å². The zero-order chi connectivity index (χ0) is 13.7. The predicted octanol–water partition coefficient (Wildman–Crippen LogP) is 2.43. The van der Waals surface area contributed by atoms with Crippen LogP contribution in [0, 0.1) is 0 Å². The van der Waals surface area contributed by atoms with Crippen LogP contribution in [-0.4, -0.2) is 16.7 Å². The Kier molecular flexibility index (Phi) is 2.32. The highest BCUT2D eigenvalue weighted by molar-refractivity contribution is 6.53. The number of aromatic nitrogens is 1. The SMILES string of the molecule is CC(C)c1noc2c1C(=O)C(=O)c1cc(N)ccc1-2. The van der Waals surface area contributed by atoms with Crippen LogP contribution in [0.4, 0.5) is 5.69 Å². The molecule has 1 aliphatic carbocycles. The van der Waals surface area contributed by atoms with Crippen LogP contribution >= 0.6 is 0 Å². The molecule has 1 aromatic carbocycles. The van der Waals surface area contributed by atoms with Crippen molar-refractivity contribution in [2.24, 2.45) is 0 Å². The lowest BCUT2D eigenvalue weighted by molar-refractivity contribution is 0.0814. The van der Waals surface area contributed by atoms with Gasteiger partial charge in [0.2, 0.25) is 11.6 Å². The van der Waals surface area contributed by atoms with E-state index < -0.39 is 11.6 Å². The first-order chi connectivity index (χ1) is 9.00. The maximum atomic E-state index is 12.2. The third-order valence-corrected chi connectivity index (χ3v) is 3.23. The standard InChI is InChI=1S/C14H12N2O3/c1-6(2)11-10-13(18)12(17)9-5-7(15)3-4-8(9)14(10)19-16-11/h3-6H,15H2,1-2H3. The summed E-state index contributed by atoms with van der Waals surface area (Å²) in [5.41, 5.74) is 7.76. The van der Waals surface area contributed by atoms with E-state index in [9.17, 15) is 9.59 Å². The Morgan fingerprint density at radius 3 is 2.58 bits per heavy atom. The highest BCUT2D eigenvalue weighted by Gasteiger charge is 2.37. The van der Waals surface area contributed by atoms with Crippen molar-refractivity contribution < 1.29 is 14.1 Å². The van der Waals surface area contributed by atoms with Gasteiger partial charge < -0.3 is 10.3 Å². The minimum atomic E-state index is -0.571. The number of benzene rings is 1. The van der Waals surface area contributed by atoms with Crippen LogP contribution in [0.2, 0.25) is 0 Å². The molecule has 1 aromatic heterocycles. The van der Waals surface area contributed by atoms with Gasteiger partial charge in [-0.3, -0.25) is 9.59 Å². The summed E-state index contributed by atoms with van der Waals surface area (Å²) >= 11 is 0. The fourth-order valence-corrected chi connectivity index (χ4v) is 2.28. The molecule has 0 spiro atoms. The summed E-state index contributed by atoms with van der Waals surface area (Å²) < 4.78 is 5.27. The Bertz CT molecular complexity index is 713. The van der Waals surface area contributed by atoms with Gasteiger partial charge in [0.05, 0.1) is 11.3 Å². The summed E-state index contributed by atoms with van der Waals surface area (Å²) in [4.78, 5) is 24.3. The number of carbonyl (C=O) groups is 2. The molecule has 0 fully saturated rings. The Morgan fingerprint density at radius 2 is 1.89 bits per heavy atom. The molecule has 1 aliphatic rings. The molecular formula is C14H12N2O3. The normalized spacial score (nSPS) is 13.6. The van der Waals surface area contributed by atoms with Crippen molar-refractivity contribution in [3.8, 4) is 11.3 Å². The number of nitrogens with zero attached hydrogens (tertiary/aromatic N) is 1. The summed E-state index contributed by atoms with van der Waals surface area (Å²) in [6.45, 7) is 3.79. The first-order valence-electron chi connectivity index (χ1n) is 5.99. The van der Waals surface area contributed by atoms with Gasteiger partial charge in [-0.1, -0.05) is 19.0 Å². The van der Waals surface area contributed by atoms with Crippen LogP contribution in [-0.2, 0) is 0 Å². The highest BCUT2D eigenvalue weighted by Crippen LogP contribution is 2.37. The molecule has 0 saturated heterocycles. The number of hydrogen-bond donors (Lipinski definition) is 1. The number of nitrogen functional groups attached to an aromatic ring is 1. The Morgan fingerprint density at radius 1 is 1.16 bits per heavy atom. The Balaban J connectivity index is 2.34. The number of fused-ring (bicyclic) bond motifs is 3. The summed E-state index contributed by atoms with van der Waals surface area (Å²) in [7, 11) is 0. The summed E-state index contributed by atoms with van der Waals surface area (Å²) in [5.74, 6) is -0.749. The molecule has 1 heterocycles. The van der Waals surface area contributed by atoms with Crippen LogP contribution in [0.25, 0.3) is 11.3 Å². The predicted molar refractivity (Wildman–Crippen MR) is 69.1 cm³/mol. The van der Waals surface area contributed by atoms with E-state index in [0.29, 0.717) is 22.7 Å². The highest BCUT2D eigenvalue weighted by atomic mass is 16.5. The van der Waals surface area contributed by atoms with Crippen LogP contribution in [0.1, 0.15) is 46.2 Å². The molecule has 0 atom stereocenters. The van der Waals surface area contributed by atoms with Gasteiger partial charge in [0.1, 0.15) is 0 Å². The van der Waals surface area contributed by atoms with E-state index in [4.69, 9.17) is 10.3 Å². The van der Waals surface area contributed by atoms with Crippen molar-refractivity contribution >= 4 is 17.3 Å². The van der Waals surface area contributed by atoms with Gasteiger partial charge in [0.15, 0.2) is 5.76 Å². The quantitative estimate of drug-likeness (QED) is 0.625. The second-order valence-electron chi connectivity index (χ2n) is 4.89. The number of hydrogen-bond acceptors (Lipinski definition) is 5. The lowest BCUT2D eigenvalue weighted by Gasteiger charge is -2.13. The molecule has 0 amide bonds. The van der Waals surface area contributed by atoms with Crippen LogP contribution in [0.15, 0.2) is 22.7 Å². The molecule has 0 aliphatic heterocycles. The van der Waals surface area contributed by atoms with Crippen LogP contribution in [0.3, 0.4) is 0 Å². The molecule has 5 nitrogen and oxygen atoms in total. The van der Waals surface area contributed by atoms with E-state index >= 15 is 0 Å². The van der Waals surface area contributed by atoms with Crippen molar-refractivity contribution in [3.63, 3.8) is 0 Å². The Hall–Kier alpha value is -2.43. The third kappa shape index (κ3) is 1.51. The van der Waals surface area contributed by atoms with Gasteiger partial charge in [0, 0.05) is 16.8 Å². The van der Waals surface area contributed by atoms with E-state index in [2.05, 4.69) is 5.16 Å². The topological polar surface area (TPSA) is 86.2 Å². The third-order valence-electron chi connectivity index (χ3n) is 3.23. The van der Waals surface area contributed by atoms with E-state index in [1.165, 1.54) is 6.07 Å². The molecule has 5 heteroatoms. The van der Waals surface area contributed by atoms with Crippen molar-refractivity contribution in [3.05, 3.63) is 35.0 Å². The van der Waals surface area contributed by atoms with Crippen molar-refractivity contribution in [2.75, 3.05) is 5.73 Å². The number of carbonyl (C=O) groups excluding carboxylic acids is 2. The summed E-state index contributed by atoms with van der Waals surface area (Å²) in [6.07, 6.45) is 0. The number of rotatable bonds is 1. The maximum Gasteiger partial charge on any atom is 0.239 e. The zero-order valence-electron chi connectivity index (χ0n) is 10.6. The molecule has 3 rings (SSSR count). The first-order valence-corrected chi connectivity index (χ1v) is 5.99. The molecular weight excluding hydrogens is 244 g/mol. The zero-order valence-corrected chi connectivity index (χ0v) is 10.6. The van der Waals surface area contributed by atoms with E-state index in [1.807, 2.05) is 13.8 Å². The van der Waals surface area contributed by atoms with Gasteiger partial charge >= 0.3 is 0 Å². The largest absolute Gasteiger partial charge is 0.399 e. The van der Waals surface area contributed by atoms with Gasteiger partial charge in [-0.2, -0.15) is 0 Å². The number of ketones is 2. The fraction of sp³-hybridized carbons (Fsp3) is 0.214. The number of nitrogens with two attached hydrogens (primary N) is 1. The molecule has 0 radical (unpaired) electrons. The molecule has 2 N–H and O–H groups in total. The minimum Gasteiger partial charge on any atom is -0.399 e. The van der Waals surface area contributed by atoms with Crippen LogP contribution in [0.5, 0.6) is 0 Å². The Labute approximate surface area is 109 Å². The van der Waals surface area contributed by atoms with E-state index in [-0.39, 0.29) is 17.0 Å². The van der Waals surface area contributed by atoms with Gasteiger partial charge in [-0.25, -0.2) is 0 Å². The molecule has 96 valence electrons. The van der Waals surface area contributed by atoms with Gasteiger partial charge in [0.25, 0.3) is 0 Å². The average Bonchev–Trinajstić information content (AvgIpc) is 2.80. The lowest BCUT2D eigenvalue weighted by Crippen LogP contribution is -2.22. The molecule has 2 aromatic rings. The van der Waals surface area contributed by atoms with Crippen LogP contribution < -0.4 is 5.73 Å². The maximum absolute atomic E-state index is 12.2. The fourth-order valence-electron chi connectivity index (χ4n) is 2.28. The first kappa shape index (κ1) is 11.6. The smallest absolute Gasteiger partial charge is 0.239 e. The summed E-state index contributed by atoms with van der Waals surface area (Å²) in [6, 6.07) is 4.85. The second kappa shape index (κ2) is 3.78. The average molecular weight is 256 g/mol. The molecule has 0 bridgehead atoms. The van der Waals surface area contributed by atoms with Gasteiger partial charge in [-0.15, -0.1) is 0 Å². The van der Waals surface area contributed by atoms with E-state index in [1.54, 1.807) is 12.1 Å². The monoisotopic (exact) mass is 256 g/mol. The van der Waals surface area contributed by atoms with E-state index in [0.717, 1.165) is 0 Å². The second-order valence-corrected chi connectivity index (χ2v) is 4.89.